The van der Waals surface area contributed by atoms with E-state index < -0.39 is 0 Å². The van der Waals surface area contributed by atoms with Crippen molar-refractivity contribution in [1.82, 2.24) is 19.4 Å². The topological polar surface area (TPSA) is 60.2 Å². The lowest BCUT2D eigenvalue weighted by molar-refractivity contribution is 0.0697. The van der Waals surface area contributed by atoms with Crippen LogP contribution in [0.1, 0.15) is 35.1 Å². The fraction of sp³-hybridized carbons (Fsp3) is 0.562. The molecule has 0 unspecified atom stereocenters. The Bertz CT molecular complexity index is 685. The van der Waals surface area contributed by atoms with E-state index in [0.717, 1.165) is 36.1 Å². The number of carbonyl (C=O) groups excluding carboxylic acids is 1. The zero-order valence-corrected chi connectivity index (χ0v) is 15.6. The molecule has 1 aliphatic heterocycles. The normalized spacial score (nSPS) is 18.1. The predicted octanol–water partition coefficient (Wildman–Crippen LogP) is 2.73. The summed E-state index contributed by atoms with van der Waals surface area (Å²) >= 11 is 3.10. The van der Waals surface area contributed by atoms with Gasteiger partial charge in [0.15, 0.2) is 0 Å². The molecule has 0 spiro atoms. The number of nitrogens with zero attached hydrogens (tertiary/aromatic N) is 4. The van der Waals surface area contributed by atoms with Crippen molar-refractivity contribution in [2.24, 2.45) is 0 Å². The quantitative estimate of drug-likeness (QED) is 0.736. The number of aromatic nitrogens is 3. The minimum atomic E-state index is 0.0336. The highest BCUT2D eigenvalue weighted by Crippen LogP contribution is 2.28. The second-order valence-corrected chi connectivity index (χ2v) is 7.68. The molecule has 0 saturated carbocycles. The fourth-order valence-corrected chi connectivity index (χ4v) is 4.28. The highest BCUT2D eigenvalue weighted by atomic mass is 32.2. The van der Waals surface area contributed by atoms with Crippen molar-refractivity contribution in [3.8, 4) is 0 Å². The maximum absolute atomic E-state index is 12.7. The van der Waals surface area contributed by atoms with Crippen molar-refractivity contribution < 1.29 is 9.53 Å². The number of rotatable bonds is 6. The summed E-state index contributed by atoms with van der Waals surface area (Å²) in [5.41, 5.74) is 0.563. The molecule has 2 aromatic rings. The molecule has 0 radical (unpaired) electrons. The van der Waals surface area contributed by atoms with E-state index in [1.807, 2.05) is 28.9 Å². The van der Waals surface area contributed by atoms with Crippen LogP contribution in [0, 0.1) is 0 Å². The first-order valence-corrected chi connectivity index (χ1v) is 10.1. The van der Waals surface area contributed by atoms with Gasteiger partial charge in [-0.05, 0) is 19.1 Å². The molecular weight excluding hydrogens is 344 g/mol. The van der Waals surface area contributed by atoms with Crippen molar-refractivity contribution in [3.63, 3.8) is 0 Å². The molecule has 1 amide bonds. The third-order valence-electron chi connectivity index (χ3n) is 4.23. The summed E-state index contributed by atoms with van der Waals surface area (Å²) in [5.74, 6) is 1.35. The highest BCUT2D eigenvalue weighted by molar-refractivity contribution is 8.00. The summed E-state index contributed by atoms with van der Waals surface area (Å²) in [6.45, 7) is 2.95. The van der Waals surface area contributed by atoms with Gasteiger partial charge < -0.3 is 14.2 Å². The van der Waals surface area contributed by atoms with E-state index in [1.54, 1.807) is 18.9 Å². The summed E-state index contributed by atoms with van der Waals surface area (Å²) in [7, 11) is 1.70. The molecule has 1 fully saturated rings. The van der Waals surface area contributed by atoms with E-state index in [-0.39, 0.29) is 11.8 Å². The van der Waals surface area contributed by atoms with Gasteiger partial charge in [0.2, 0.25) is 0 Å². The number of likely N-dealkylation sites (tertiary alicyclic amines) is 1. The molecule has 6 nitrogen and oxygen atoms in total. The van der Waals surface area contributed by atoms with Crippen LogP contribution in [-0.4, -0.2) is 58.4 Å². The van der Waals surface area contributed by atoms with Crippen LogP contribution in [0.3, 0.4) is 0 Å². The first-order chi connectivity index (χ1) is 11.7. The molecule has 3 rings (SSSR count). The molecule has 24 heavy (non-hydrogen) atoms. The summed E-state index contributed by atoms with van der Waals surface area (Å²) in [5, 5.41) is 1.86. The number of amides is 1. The molecule has 2 aromatic heterocycles. The van der Waals surface area contributed by atoms with Gasteiger partial charge in [-0.3, -0.25) is 4.79 Å². The zero-order chi connectivity index (χ0) is 16.9. The number of hydrogen-bond donors (Lipinski definition) is 0. The maximum Gasteiger partial charge on any atom is 0.273 e. The van der Waals surface area contributed by atoms with E-state index in [1.165, 1.54) is 11.3 Å². The van der Waals surface area contributed by atoms with Crippen LogP contribution >= 0.6 is 23.1 Å². The first-order valence-electron chi connectivity index (χ1n) is 8.01. The molecule has 0 N–H and O–H groups in total. The average Bonchev–Trinajstić information content (AvgIpc) is 3.28. The van der Waals surface area contributed by atoms with Crippen LogP contribution in [0.25, 0.3) is 0 Å². The van der Waals surface area contributed by atoms with Crippen molar-refractivity contribution in [1.29, 1.82) is 0 Å². The van der Waals surface area contributed by atoms with Crippen LogP contribution in [-0.2, 0) is 11.3 Å². The van der Waals surface area contributed by atoms with Crippen LogP contribution in [0.2, 0.25) is 0 Å². The zero-order valence-electron chi connectivity index (χ0n) is 14.0. The minimum Gasteiger partial charge on any atom is -0.383 e. The Morgan fingerprint density at radius 2 is 2.42 bits per heavy atom. The molecule has 0 bridgehead atoms. The fourth-order valence-electron chi connectivity index (χ4n) is 3.04. The number of hydrogen-bond acceptors (Lipinski definition) is 6. The third kappa shape index (κ3) is 3.81. The highest BCUT2D eigenvalue weighted by Gasteiger charge is 2.28. The van der Waals surface area contributed by atoms with E-state index in [9.17, 15) is 4.79 Å². The number of piperidine rings is 1. The lowest BCUT2D eigenvalue weighted by Gasteiger charge is -2.32. The number of thiazole rings is 1. The molecule has 1 aliphatic rings. The Morgan fingerprint density at radius 3 is 3.17 bits per heavy atom. The SMILES string of the molecule is COCCn1ccnc1[C@H]1CCCN(C(=O)c2csc(SC)n2)C1. The molecule has 130 valence electrons. The van der Waals surface area contributed by atoms with E-state index >= 15 is 0 Å². The first kappa shape index (κ1) is 17.4. The van der Waals surface area contributed by atoms with E-state index in [4.69, 9.17) is 4.74 Å². The number of carbonyl (C=O) groups is 1. The molecule has 3 heterocycles. The number of thioether (sulfide) groups is 1. The van der Waals surface area contributed by atoms with E-state index in [2.05, 4.69) is 14.5 Å². The van der Waals surface area contributed by atoms with Gasteiger partial charge in [0.25, 0.3) is 5.91 Å². The van der Waals surface area contributed by atoms with Crippen molar-refractivity contribution in [3.05, 3.63) is 29.3 Å². The third-order valence-corrected chi connectivity index (χ3v) is 6.10. The predicted molar refractivity (Wildman–Crippen MR) is 95.9 cm³/mol. The summed E-state index contributed by atoms with van der Waals surface area (Å²) in [6, 6.07) is 0. The average molecular weight is 367 g/mol. The van der Waals surface area contributed by atoms with Crippen molar-refractivity contribution >= 4 is 29.0 Å². The summed E-state index contributed by atoms with van der Waals surface area (Å²) < 4.78 is 8.23. The van der Waals surface area contributed by atoms with Crippen LogP contribution in [0.15, 0.2) is 22.1 Å². The van der Waals surface area contributed by atoms with Gasteiger partial charge in [0.1, 0.15) is 15.9 Å². The maximum atomic E-state index is 12.7. The standard InChI is InChI=1S/C16H22N4O2S2/c1-22-9-8-19-7-5-17-14(19)12-4-3-6-20(10-12)15(21)13-11-24-16(18-13)23-2/h5,7,11-12H,3-4,6,8-10H2,1-2H3/t12-/m0/s1. The summed E-state index contributed by atoms with van der Waals surface area (Å²) in [6.07, 6.45) is 7.84. The number of methoxy groups -OCH3 is 1. The molecule has 0 aliphatic carbocycles. The summed E-state index contributed by atoms with van der Waals surface area (Å²) in [4.78, 5) is 23.6. The van der Waals surface area contributed by atoms with Crippen molar-refractivity contribution in [2.45, 2.75) is 29.6 Å². The van der Waals surface area contributed by atoms with Crippen LogP contribution < -0.4 is 0 Å². The van der Waals surface area contributed by atoms with Gasteiger partial charge in [-0.15, -0.1) is 11.3 Å². The van der Waals surface area contributed by atoms with Gasteiger partial charge in [-0.2, -0.15) is 0 Å². The second-order valence-electron chi connectivity index (χ2n) is 5.76. The van der Waals surface area contributed by atoms with Crippen LogP contribution in [0.5, 0.6) is 0 Å². The molecule has 1 saturated heterocycles. The Morgan fingerprint density at radius 1 is 1.54 bits per heavy atom. The van der Waals surface area contributed by atoms with Gasteiger partial charge >= 0.3 is 0 Å². The van der Waals surface area contributed by atoms with Gasteiger partial charge in [0.05, 0.1) is 6.61 Å². The van der Waals surface area contributed by atoms with Gasteiger partial charge in [-0.1, -0.05) is 11.8 Å². The molecule has 1 atom stereocenters. The van der Waals surface area contributed by atoms with Crippen molar-refractivity contribution in [2.75, 3.05) is 33.1 Å². The second kappa shape index (κ2) is 8.13. The Balaban J connectivity index is 1.70. The Kier molecular flexibility index (Phi) is 5.91. The van der Waals surface area contributed by atoms with E-state index in [0.29, 0.717) is 18.8 Å². The molecule has 8 heteroatoms. The molecule has 0 aromatic carbocycles. The number of ether oxygens (including phenoxy) is 1. The largest absolute Gasteiger partial charge is 0.383 e. The molecular formula is C16H22N4O2S2. The Hall–Kier alpha value is -1.38. The lowest BCUT2D eigenvalue weighted by Crippen LogP contribution is -2.40. The van der Waals surface area contributed by atoms with Crippen LogP contribution in [0.4, 0.5) is 0 Å². The minimum absolute atomic E-state index is 0.0336. The lowest BCUT2D eigenvalue weighted by atomic mass is 9.97. The smallest absolute Gasteiger partial charge is 0.273 e. The van der Waals surface area contributed by atoms with Gasteiger partial charge in [0, 0.05) is 50.4 Å². The Labute approximate surface area is 150 Å². The monoisotopic (exact) mass is 366 g/mol. The van der Waals surface area contributed by atoms with Gasteiger partial charge in [-0.25, -0.2) is 9.97 Å². The number of imidazole rings is 1.